The van der Waals surface area contributed by atoms with Gasteiger partial charge in [0.1, 0.15) is 0 Å². The number of likely N-dealkylation sites (tertiary alicyclic amines) is 1. The van der Waals surface area contributed by atoms with Gasteiger partial charge in [0.2, 0.25) is 5.91 Å². The molecule has 0 aromatic carbocycles. The summed E-state index contributed by atoms with van der Waals surface area (Å²) in [6, 6.07) is -0.233. The molecule has 2 atom stereocenters. The molecule has 2 N–H and O–H groups in total. The first-order valence-electron chi connectivity index (χ1n) is 9.72. The van der Waals surface area contributed by atoms with Gasteiger partial charge in [-0.3, -0.25) is 9.79 Å². The molecular formula is C18H35IN4O3S. The zero-order valence-corrected chi connectivity index (χ0v) is 19.9. The molecule has 0 bridgehead atoms. The second-order valence-electron chi connectivity index (χ2n) is 7.98. The Hall–Kier alpha value is -0.580. The minimum Gasteiger partial charge on any atom is -0.356 e. The van der Waals surface area contributed by atoms with Crippen molar-refractivity contribution < 1.29 is 13.2 Å². The Kier molecular flexibility index (Phi) is 9.81. The standard InChI is InChI=1S/C18H34N4O3S.HI/c1-4-8-18(2)9-5-11-22(14-18)17(19-3)20-10-6-16(23)21-15-7-12-26(24,25)13-15;/h15H,4-14H2,1-3H3,(H,19,20)(H,21,23);1H. The third-order valence-electron chi connectivity index (χ3n) is 5.38. The van der Waals surface area contributed by atoms with Gasteiger partial charge in [-0.2, -0.15) is 0 Å². The number of carbonyl (C=O) groups is 1. The van der Waals surface area contributed by atoms with Crippen LogP contribution in [0.1, 0.15) is 52.4 Å². The lowest BCUT2D eigenvalue weighted by atomic mass is 9.78. The van der Waals surface area contributed by atoms with E-state index in [9.17, 15) is 13.2 Å². The third kappa shape index (κ3) is 7.75. The number of nitrogens with one attached hydrogen (secondary N) is 2. The Morgan fingerprint density at radius 2 is 2.11 bits per heavy atom. The summed E-state index contributed by atoms with van der Waals surface area (Å²) in [5, 5.41) is 6.11. The number of hydrogen-bond donors (Lipinski definition) is 2. The SMILES string of the molecule is CCCC1(C)CCCN(C(=NC)NCCC(=O)NC2CCS(=O)(=O)C2)C1.I. The second-order valence-corrected chi connectivity index (χ2v) is 10.2. The van der Waals surface area contributed by atoms with E-state index in [1.165, 1.54) is 19.3 Å². The summed E-state index contributed by atoms with van der Waals surface area (Å²) in [4.78, 5) is 18.7. The van der Waals surface area contributed by atoms with Gasteiger partial charge in [0.15, 0.2) is 15.8 Å². The Balaban J connectivity index is 0.00000364. The van der Waals surface area contributed by atoms with Crippen LogP contribution in [0.15, 0.2) is 4.99 Å². The van der Waals surface area contributed by atoms with E-state index in [4.69, 9.17) is 0 Å². The molecule has 2 saturated heterocycles. The number of halogens is 1. The average molecular weight is 514 g/mol. The number of guanidine groups is 1. The lowest BCUT2D eigenvalue weighted by Gasteiger charge is -2.42. The number of piperidine rings is 1. The number of carbonyl (C=O) groups excluding carboxylic acids is 1. The van der Waals surface area contributed by atoms with Gasteiger partial charge in [-0.25, -0.2) is 8.42 Å². The van der Waals surface area contributed by atoms with Gasteiger partial charge in [0.25, 0.3) is 0 Å². The van der Waals surface area contributed by atoms with Gasteiger partial charge in [-0.05, 0) is 31.1 Å². The molecule has 1 amide bonds. The minimum absolute atomic E-state index is 0. The highest BCUT2D eigenvalue weighted by Gasteiger charge is 2.31. The van der Waals surface area contributed by atoms with Crippen molar-refractivity contribution in [3.8, 4) is 0 Å². The van der Waals surface area contributed by atoms with Crippen LogP contribution in [-0.4, -0.2) is 69.4 Å². The summed E-state index contributed by atoms with van der Waals surface area (Å²) in [6.07, 6.45) is 5.65. The van der Waals surface area contributed by atoms with Gasteiger partial charge < -0.3 is 15.5 Å². The van der Waals surface area contributed by atoms with Crippen molar-refractivity contribution in [2.75, 3.05) is 38.2 Å². The van der Waals surface area contributed by atoms with Crippen molar-refractivity contribution in [1.29, 1.82) is 0 Å². The average Bonchev–Trinajstić information content (AvgIpc) is 2.90. The van der Waals surface area contributed by atoms with Gasteiger partial charge in [-0.1, -0.05) is 20.3 Å². The monoisotopic (exact) mass is 514 g/mol. The molecule has 9 heteroatoms. The number of rotatable bonds is 6. The molecule has 2 heterocycles. The topological polar surface area (TPSA) is 90.9 Å². The smallest absolute Gasteiger partial charge is 0.222 e. The van der Waals surface area contributed by atoms with Crippen LogP contribution in [0.2, 0.25) is 0 Å². The van der Waals surface area contributed by atoms with E-state index in [1.807, 2.05) is 0 Å². The van der Waals surface area contributed by atoms with Crippen molar-refractivity contribution >= 4 is 45.7 Å². The van der Waals surface area contributed by atoms with E-state index in [0.717, 1.165) is 25.5 Å². The molecule has 7 nitrogen and oxygen atoms in total. The zero-order valence-electron chi connectivity index (χ0n) is 16.8. The molecular weight excluding hydrogens is 479 g/mol. The van der Waals surface area contributed by atoms with Gasteiger partial charge in [0.05, 0.1) is 11.5 Å². The summed E-state index contributed by atoms with van der Waals surface area (Å²) in [5.74, 6) is 0.985. The van der Waals surface area contributed by atoms with E-state index in [-0.39, 0.29) is 47.4 Å². The van der Waals surface area contributed by atoms with Crippen molar-refractivity contribution in [2.45, 2.75) is 58.4 Å². The Morgan fingerprint density at radius 3 is 2.70 bits per heavy atom. The fourth-order valence-electron chi connectivity index (χ4n) is 4.13. The number of sulfone groups is 1. The largest absolute Gasteiger partial charge is 0.356 e. The molecule has 0 saturated carbocycles. The number of aliphatic imine (C=N–C) groups is 1. The lowest BCUT2D eigenvalue weighted by Crippen LogP contribution is -2.50. The van der Waals surface area contributed by atoms with Crippen molar-refractivity contribution in [3.05, 3.63) is 0 Å². The number of nitrogens with zero attached hydrogens (tertiary/aromatic N) is 2. The first-order chi connectivity index (χ1) is 12.3. The van der Waals surface area contributed by atoms with Crippen LogP contribution < -0.4 is 10.6 Å². The van der Waals surface area contributed by atoms with Crippen LogP contribution >= 0.6 is 24.0 Å². The summed E-state index contributed by atoms with van der Waals surface area (Å²) in [5.41, 5.74) is 0.329. The fraction of sp³-hybridized carbons (Fsp3) is 0.889. The highest BCUT2D eigenvalue weighted by molar-refractivity contribution is 14.0. The maximum Gasteiger partial charge on any atom is 0.222 e. The summed E-state index contributed by atoms with van der Waals surface area (Å²) < 4.78 is 22.9. The molecule has 0 aromatic rings. The van der Waals surface area contributed by atoms with Crippen LogP contribution in [0.5, 0.6) is 0 Å². The van der Waals surface area contributed by atoms with Gasteiger partial charge in [0, 0.05) is 39.1 Å². The quantitative estimate of drug-likeness (QED) is 0.321. The highest BCUT2D eigenvalue weighted by atomic mass is 127. The molecule has 2 unspecified atom stereocenters. The molecule has 2 aliphatic rings. The lowest BCUT2D eigenvalue weighted by molar-refractivity contribution is -0.121. The van der Waals surface area contributed by atoms with E-state index < -0.39 is 9.84 Å². The molecule has 0 spiro atoms. The van der Waals surface area contributed by atoms with E-state index in [0.29, 0.717) is 24.8 Å². The van der Waals surface area contributed by atoms with E-state index in [1.54, 1.807) is 7.05 Å². The number of amides is 1. The van der Waals surface area contributed by atoms with Crippen LogP contribution in [-0.2, 0) is 14.6 Å². The molecule has 158 valence electrons. The summed E-state index contributed by atoms with van der Waals surface area (Å²) in [6.45, 7) is 7.06. The first-order valence-corrected chi connectivity index (χ1v) is 11.5. The van der Waals surface area contributed by atoms with Crippen molar-refractivity contribution in [1.82, 2.24) is 15.5 Å². The second kappa shape index (κ2) is 10.8. The van der Waals surface area contributed by atoms with Crippen LogP contribution in [0, 0.1) is 5.41 Å². The van der Waals surface area contributed by atoms with Crippen LogP contribution in [0.4, 0.5) is 0 Å². The molecule has 2 fully saturated rings. The maximum absolute atomic E-state index is 12.0. The Morgan fingerprint density at radius 1 is 1.37 bits per heavy atom. The molecule has 27 heavy (non-hydrogen) atoms. The molecule has 2 rings (SSSR count). The van der Waals surface area contributed by atoms with Crippen LogP contribution in [0.25, 0.3) is 0 Å². The van der Waals surface area contributed by atoms with Crippen molar-refractivity contribution in [2.24, 2.45) is 10.4 Å². The van der Waals surface area contributed by atoms with E-state index in [2.05, 4.69) is 34.4 Å². The van der Waals surface area contributed by atoms with Gasteiger partial charge in [-0.15, -0.1) is 24.0 Å². The molecule has 0 aromatic heterocycles. The zero-order chi connectivity index (χ0) is 19.2. The maximum atomic E-state index is 12.0. The summed E-state index contributed by atoms with van der Waals surface area (Å²) >= 11 is 0. The molecule has 0 radical (unpaired) electrons. The van der Waals surface area contributed by atoms with E-state index >= 15 is 0 Å². The number of hydrogen-bond acceptors (Lipinski definition) is 4. The summed E-state index contributed by atoms with van der Waals surface area (Å²) in [7, 11) is -1.19. The predicted octanol–water partition coefficient (Wildman–Crippen LogP) is 1.78. The first kappa shape index (κ1) is 24.5. The highest BCUT2D eigenvalue weighted by Crippen LogP contribution is 2.33. The normalized spacial score (nSPS) is 27.7. The van der Waals surface area contributed by atoms with Crippen molar-refractivity contribution in [3.63, 3.8) is 0 Å². The van der Waals surface area contributed by atoms with Gasteiger partial charge >= 0.3 is 0 Å². The third-order valence-corrected chi connectivity index (χ3v) is 7.15. The predicted molar refractivity (Wildman–Crippen MR) is 120 cm³/mol. The molecule has 2 aliphatic heterocycles. The Labute approximate surface area is 181 Å². The molecule has 0 aliphatic carbocycles. The fourth-order valence-corrected chi connectivity index (χ4v) is 5.81. The minimum atomic E-state index is -2.97. The van der Waals surface area contributed by atoms with Crippen LogP contribution in [0.3, 0.4) is 0 Å². The Bertz CT molecular complexity index is 622.